The zero-order chi connectivity index (χ0) is 22.2. The molecule has 2 N–H and O–H groups in total. The molecule has 32 heavy (non-hydrogen) atoms. The highest BCUT2D eigenvalue weighted by Crippen LogP contribution is 2.22. The van der Waals surface area contributed by atoms with Crippen LogP contribution in [0.5, 0.6) is 11.5 Å². The predicted octanol–water partition coefficient (Wildman–Crippen LogP) is 4.01. The molecule has 0 atom stereocenters. The minimum absolute atomic E-state index is 0.162. The van der Waals surface area contributed by atoms with Gasteiger partial charge in [-0.15, -0.1) is 11.3 Å². The number of hydrogen-bond acceptors (Lipinski definition) is 6. The summed E-state index contributed by atoms with van der Waals surface area (Å²) in [5.74, 6) is 0.595. The number of nitrogens with zero attached hydrogens (tertiary/aromatic N) is 1. The van der Waals surface area contributed by atoms with Crippen molar-refractivity contribution in [1.29, 1.82) is 0 Å². The molecule has 7 nitrogen and oxygen atoms in total. The van der Waals surface area contributed by atoms with Crippen LogP contribution in [0.1, 0.15) is 5.69 Å². The molecule has 0 radical (unpaired) electrons. The summed E-state index contributed by atoms with van der Waals surface area (Å²) in [6, 6.07) is 23.0. The Morgan fingerprint density at radius 1 is 0.844 bits per heavy atom. The number of rotatable bonds is 9. The first-order valence-electron chi connectivity index (χ1n) is 9.96. The lowest BCUT2D eigenvalue weighted by atomic mass is 10.1. The highest BCUT2D eigenvalue weighted by atomic mass is 32.1. The van der Waals surface area contributed by atoms with E-state index in [-0.39, 0.29) is 31.6 Å². The Hall–Kier alpha value is -3.91. The Morgan fingerprint density at radius 3 is 2.47 bits per heavy atom. The first-order chi connectivity index (χ1) is 15.7. The van der Waals surface area contributed by atoms with Crippen molar-refractivity contribution in [2.45, 2.75) is 6.61 Å². The molecule has 4 rings (SSSR count). The van der Waals surface area contributed by atoms with E-state index in [2.05, 4.69) is 15.6 Å². The van der Waals surface area contributed by atoms with Crippen LogP contribution in [0.2, 0.25) is 0 Å². The van der Waals surface area contributed by atoms with Crippen molar-refractivity contribution in [3.8, 4) is 11.5 Å². The number of carbonyl (C=O) groups is 2. The van der Waals surface area contributed by atoms with Gasteiger partial charge in [-0.2, -0.15) is 0 Å². The Balaban J connectivity index is 1.20. The highest BCUT2D eigenvalue weighted by molar-refractivity contribution is 7.13. The fourth-order valence-corrected chi connectivity index (χ4v) is 3.62. The maximum Gasteiger partial charge on any atom is 0.258 e. The second kappa shape index (κ2) is 10.4. The summed E-state index contributed by atoms with van der Waals surface area (Å²) in [7, 11) is 0. The highest BCUT2D eigenvalue weighted by Gasteiger charge is 2.10. The number of benzene rings is 3. The Morgan fingerprint density at radius 2 is 1.62 bits per heavy atom. The largest absolute Gasteiger partial charge is 0.487 e. The van der Waals surface area contributed by atoms with Crippen molar-refractivity contribution in [3.05, 3.63) is 83.9 Å². The summed E-state index contributed by atoms with van der Waals surface area (Å²) >= 11 is 1.30. The summed E-state index contributed by atoms with van der Waals surface area (Å²) in [5, 5.41) is 9.71. The van der Waals surface area contributed by atoms with Gasteiger partial charge in [0.15, 0.2) is 11.7 Å². The zero-order valence-corrected chi connectivity index (χ0v) is 17.9. The van der Waals surface area contributed by atoms with Gasteiger partial charge >= 0.3 is 0 Å². The van der Waals surface area contributed by atoms with Crippen LogP contribution in [0, 0.1) is 0 Å². The molecule has 0 aliphatic rings. The third-order valence-corrected chi connectivity index (χ3v) is 5.27. The van der Waals surface area contributed by atoms with E-state index in [9.17, 15) is 9.59 Å². The van der Waals surface area contributed by atoms with Crippen molar-refractivity contribution in [2.24, 2.45) is 0 Å². The Kier molecular flexibility index (Phi) is 6.94. The maximum absolute atomic E-state index is 12.1. The standard InChI is InChI=1S/C24H21N3O4S/c28-22(13-25-23(29)15-31-20-8-2-1-3-9-20)27-24-26-19(16-32-24)14-30-21-11-10-17-6-4-5-7-18(17)12-21/h1-12,16H,13-15H2,(H,25,29)(H,26,27,28). The smallest absolute Gasteiger partial charge is 0.258 e. The summed E-state index contributed by atoms with van der Waals surface area (Å²) in [6.45, 7) is -0.0391. The van der Waals surface area contributed by atoms with E-state index in [1.165, 1.54) is 11.3 Å². The van der Waals surface area contributed by atoms with Crippen LogP contribution < -0.4 is 20.1 Å². The van der Waals surface area contributed by atoms with Crippen LogP contribution in [0.15, 0.2) is 78.2 Å². The van der Waals surface area contributed by atoms with Gasteiger partial charge in [-0.1, -0.05) is 48.5 Å². The quantitative estimate of drug-likeness (QED) is 0.405. The second-order valence-electron chi connectivity index (χ2n) is 6.87. The first-order valence-corrected chi connectivity index (χ1v) is 10.8. The Bertz CT molecular complexity index is 1210. The monoisotopic (exact) mass is 447 g/mol. The van der Waals surface area contributed by atoms with Crippen molar-refractivity contribution >= 4 is 39.1 Å². The number of thiazole rings is 1. The van der Waals surface area contributed by atoms with Crippen LogP contribution in [0.3, 0.4) is 0 Å². The lowest BCUT2D eigenvalue weighted by molar-refractivity contribution is -0.125. The van der Waals surface area contributed by atoms with Gasteiger partial charge in [0.1, 0.15) is 18.1 Å². The van der Waals surface area contributed by atoms with E-state index >= 15 is 0 Å². The minimum Gasteiger partial charge on any atom is -0.487 e. The van der Waals surface area contributed by atoms with Crippen molar-refractivity contribution < 1.29 is 19.1 Å². The number of anilines is 1. The van der Waals surface area contributed by atoms with Crippen molar-refractivity contribution in [2.75, 3.05) is 18.5 Å². The molecular formula is C24H21N3O4S. The van der Waals surface area contributed by atoms with E-state index in [1.54, 1.807) is 12.1 Å². The van der Waals surface area contributed by atoms with E-state index in [0.29, 0.717) is 16.6 Å². The van der Waals surface area contributed by atoms with Crippen LogP contribution in [0.4, 0.5) is 5.13 Å². The van der Waals surface area contributed by atoms with Crippen LogP contribution >= 0.6 is 11.3 Å². The second-order valence-corrected chi connectivity index (χ2v) is 7.73. The van der Waals surface area contributed by atoms with E-state index in [4.69, 9.17) is 9.47 Å². The molecule has 4 aromatic rings. The van der Waals surface area contributed by atoms with Crippen LogP contribution in [0.25, 0.3) is 10.8 Å². The lowest BCUT2D eigenvalue weighted by Crippen LogP contribution is -2.35. The van der Waals surface area contributed by atoms with Crippen LogP contribution in [-0.2, 0) is 16.2 Å². The molecule has 0 aliphatic heterocycles. The third-order valence-electron chi connectivity index (χ3n) is 4.46. The molecule has 0 fully saturated rings. The van der Waals surface area contributed by atoms with Gasteiger partial charge in [-0.25, -0.2) is 4.98 Å². The zero-order valence-electron chi connectivity index (χ0n) is 17.1. The lowest BCUT2D eigenvalue weighted by Gasteiger charge is -2.07. The number of para-hydroxylation sites is 1. The third kappa shape index (κ3) is 6.05. The van der Waals surface area contributed by atoms with Gasteiger partial charge < -0.3 is 20.1 Å². The van der Waals surface area contributed by atoms with E-state index in [1.807, 2.05) is 66.0 Å². The number of aromatic nitrogens is 1. The van der Waals surface area contributed by atoms with E-state index < -0.39 is 0 Å². The molecule has 2 amide bonds. The molecule has 0 spiro atoms. The van der Waals surface area contributed by atoms with Gasteiger partial charge in [-0.3, -0.25) is 9.59 Å². The molecule has 1 aromatic heterocycles. The number of hydrogen-bond donors (Lipinski definition) is 2. The maximum atomic E-state index is 12.1. The molecule has 8 heteroatoms. The van der Waals surface area contributed by atoms with Gasteiger partial charge in [-0.05, 0) is 35.0 Å². The summed E-state index contributed by atoms with van der Waals surface area (Å²) in [6.07, 6.45) is 0. The Labute approximate surface area is 189 Å². The molecule has 1 heterocycles. The fourth-order valence-electron chi connectivity index (χ4n) is 2.90. The van der Waals surface area contributed by atoms with Crippen molar-refractivity contribution in [3.63, 3.8) is 0 Å². The number of fused-ring (bicyclic) bond motifs is 1. The average molecular weight is 448 g/mol. The average Bonchev–Trinajstić information content (AvgIpc) is 3.27. The van der Waals surface area contributed by atoms with Crippen molar-refractivity contribution in [1.82, 2.24) is 10.3 Å². The summed E-state index contributed by atoms with van der Waals surface area (Å²) in [4.78, 5) is 28.3. The minimum atomic E-state index is -0.382. The number of ether oxygens (including phenoxy) is 2. The number of carbonyl (C=O) groups excluding carboxylic acids is 2. The van der Waals surface area contributed by atoms with Crippen LogP contribution in [-0.4, -0.2) is 29.9 Å². The molecule has 3 aromatic carbocycles. The topological polar surface area (TPSA) is 89.5 Å². The summed E-state index contributed by atoms with van der Waals surface area (Å²) < 4.78 is 11.2. The normalized spacial score (nSPS) is 10.5. The molecule has 0 aliphatic carbocycles. The van der Waals surface area contributed by atoms with Gasteiger partial charge in [0, 0.05) is 5.38 Å². The summed E-state index contributed by atoms with van der Waals surface area (Å²) in [5.41, 5.74) is 0.707. The van der Waals surface area contributed by atoms with Gasteiger partial charge in [0.2, 0.25) is 5.91 Å². The number of amides is 2. The first kappa shape index (κ1) is 21.3. The van der Waals surface area contributed by atoms with Gasteiger partial charge in [0.25, 0.3) is 5.91 Å². The predicted molar refractivity (Wildman–Crippen MR) is 124 cm³/mol. The molecule has 0 unspecified atom stereocenters. The fraction of sp³-hybridized carbons (Fsp3) is 0.125. The molecule has 0 saturated carbocycles. The SMILES string of the molecule is O=C(COc1ccccc1)NCC(=O)Nc1nc(COc2ccc3ccccc3c2)cs1. The molecule has 0 bridgehead atoms. The number of nitrogens with one attached hydrogen (secondary N) is 2. The molecule has 0 saturated heterocycles. The molecule has 162 valence electrons. The van der Waals surface area contributed by atoms with Gasteiger partial charge in [0.05, 0.1) is 12.2 Å². The van der Waals surface area contributed by atoms with E-state index in [0.717, 1.165) is 16.5 Å². The molecular weight excluding hydrogens is 426 g/mol.